The first-order valence-electron chi connectivity index (χ1n) is 7.32. The monoisotopic (exact) mass is 239 g/mol. The van der Waals surface area contributed by atoms with Gasteiger partial charge in [-0.3, -0.25) is 4.90 Å². The molecule has 2 aliphatic heterocycles. The summed E-state index contributed by atoms with van der Waals surface area (Å²) in [6.45, 7) is 11.0. The van der Waals surface area contributed by atoms with Gasteiger partial charge < -0.3 is 10.2 Å². The lowest BCUT2D eigenvalue weighted by molar-refractivity contribution is 0.0586. The largest absolute Gasteiger partial charge is 0.316 e. The third-order valence-corrected chi connectivity index (χ3v) is 4.68. The van der Waals surface area contributed by atoms with E-state index in [0.717, 1.165) is 5.92 Å². The summed E-state index contributed by atoms with van der Waals surface area (Å²) in [6.07, 6.45) is 4.20. The molecule has 0 amide bonds. The number of nitrogens with one attached hydrogen (secondary N) is 1. The van der Waals surface area contributed by atoms with E-state index in [1.165, 1.54) is 52.0 Å². The van der Waals surface area contributed by atoms with Gasteiger partial charge in [-0.1, -0.05) is 0 Å². The molecule has 0 aromatic carbocycles. The van der Waals surface area contributed by atoms with Gasteiger partial charge in [0, 0.05) is 25.2 Å². The van der Waals surface area contributed by atoms with Crippen molar-refractivity contribution in [1.29, 1.82) is 0 Å². The first-order chi connectivity index (χ1) is 8.16. The fourth-order valence-electron chi connectivity index (χ4n) is 3.26. The molecule has 2 rings (SSSR count). The van der Waals surface area contributed by atoms with Crippen LogP contribution in [-0.2, 0) is 0 Å². The number of rotatable bonds is 4. The zero-order chi connectivity index (χ0) is 12.3. The Morgan fingerprint density at radius 1 is 1.18 bits per heavy atom. The maximum atomic E-state index is 3.46. The normalized spacial score (nSPS) is 36.5. The zero-order valence-electron chi connectivity index (χ0n) is 11.8. The van der Waals surface area contributed by atoms with Gasteiger partial charge in [0.25, 0.3) is 0 Å². The summed E-state index contributed by atoms with van der Waals surface area (Å²) in [6, 6.07) is 1.43. The van der Waals surface area contributed by atoms with E-state index in [9.17, 15) is 0 Å². The van der Waals surface area contributed by atoms with E-state index in [-0.39, 0.29) is 0 Å². The first kappa shape index (κ1) is 13.3. The summed E-state index contributed by atoms with van der Waals surface area (Å²) in [4.78, 5) is 5.18. The zero-order valence-corrected chi connectivity index (χ0v) is 11.8. The molecule has 0 saturated carbocycles. The summed E-state index contributed by atoms with van der Waals surface area (Å²) >= 11 is 0. The SMILES string of the molecule is CC1CN(CCCC2CCNC2)CC(C)N1C. The molecular formula is C14H29N3. The molecule has 0 aromatic rings. The Morgan fingerprint density at radius 2 is 1.88 bits per heavy atom. The molecule has 17 heavy (non-hydrogen) atoms. The molecule has 2 fully saturated rings. The lowest BCUT2D eigenvalue weighted by Crippen LogP contribution is -2.54. The average Bonchev–Trinajstić information content (AvgIpc) is 2.79. The molecule has 3 heteroatoms. The van der Waals surface area contributed by atoms with Crippen molar-refractivity contribution in [2.24, 2.45) is 5.92 Å². The smallest absolute Gasteiger partial charge is 0.0195 e. The molecule has 2 heterocycles. The highest BCUT2D eigenvalue weighted by atomic mass is 15.3. The van der Waals surface area contributed by atoms with E-state index < -0.39 is 0 Å². The van der Waals surface area contributed by atoms with Crippen molar-refractivity contribution >= 4 is 0 Å². The molecule has 2 aliphatic rings. The van der Waals surface area contributed by atoms with Crippen LogP contribution in [0.3, 0.4) is 0 Å². The van der Waals surface area contributed by atoms with E-state index in [1.807, 2.05) is 0 Å². The third-order valence-electron chi connectivity index (χ3n) is 4.68. The Kier molecular flexibility index (Phi) is 4.83. The van der Waals surface area contributed by atoms with Crippen molar-refractivity contribution in [3.05, 3.63) is 0 Å². The summed E-state index contributed by atoms with van der Waals surface area (Å²) in [7, 11) is 2.26. The van der Waals surface area contributed by atoms with Gasteiger partial charge in [0.1, 0.15) is 0 Å². The van der Waals surface area contributed by atoms with Crippen LogP contribution in [0.5, 0.6) is 0 Å². The van der Waals surface area contributed by atoms with E-state index in [0.29, 0.717) is 12.1 Å². The third kappa shape index (κ3) is 3.67. The predicted molar refractivity (Wildman–Crippen MR) is 73.3 cm³/mol. The van der Waals surface area contributed by atoms with E-state index in [4.69, 9.17) is 0 Å². The molecular weight excluding hydrogens is 210 g/mol. The van der Waals surface area contributed by atoms with E-state index >= 15 is 0 Å². The Bertz CT molecular complexity index is 214. The van der Waals surface area contributed by atoms with Gasteiger partial charge >= 0.3 is 0 Å². The average molecular weight is 239 g/mol. The topological polar surface area (TPSA) is 18.5 Å². The van der Waals surface area contributed by atoms with Crippen LogP contribution in [0.2, 0.25) is 0 Å². The number of piperazine rings is 1. The van der Waals surface area contributed by atoms with Gasteiger partial charge in [-0.15, -0.1) is 0 Å². The van der Waals surface area contributed by atoms with Crippen molar-refractivity contribution in [2.45, 2.75) is 45.2 Å². The van der Waals surface area contributed by atoms with E-state index in [1.54, 1.807) is 0 Å². The molecule has 0 bridgehead atoms. The van der Waals surface area contributed by atoms with Gasteiger partial charge in [0.15, 0.2) is 0 Å². The fourth-order valence-corrected chi connectivity index (χ4v) is 3.26. The summed E-state index contributed by atoms with van der Waals surface area (Å²) in [5.74, 6) is 0.956. The van der Waals surface area contributed by atoms with Crippen molar-refractivity contribution in [3.8, 4) is 0 Å². The number of likely N-dealkylation sites (N-methyl/N-ethyl adjacent to an activating group) is 1. The second kappa shape index (κ2) is 6.17. The highest BCUT2D eigenvalue weighted by Gasteiger charge is 2.26. The molecule has 0 radical (unpaired) electrons. The van der Waals surface area contributed by atoms with Gasteiger partial charge in [-0.2, -0.15) is 0 Å². The van der Waals surface area contributed by atoms with Crippen molar-refractivity contribution < 1.29 is 0 Å². The number of hydrogen-bond donors (Lipinski definition) is 1. The van der Waals surface area contributed by atoms with E-state index in [2.05, 4.69) is 36.0 Å². The molecule has 3 unspecified atom stereocenters. The van der Waals surface area contributed by atoms with Crippen LogP contribution in [0.15, 0.2) is 0 Å². The van der Waals surface area contributed by atoms with Crippen LogP contribution in [0.1, 0.15) is 33.1 Å². The van der Waals surface area contributed by atoms with Crippen molar-refractivity contribution in [1.82, 2.24) is 15.1 Å². The predicted octanol–water partition coefficient (Wildman–Crippen LogP) is 1.40. The second-order valence-corrected chi connectivity index (χ2v) is 6.12. The Morgan fingerprint density at radius 3 is 2.47 bits per heavy atom. The van der Waals surface area contributed by atoms with Crippen LogP contribution in [0.25, 0.3) is 0 Å². The van der Waals surface area contributed by atoms with Gasteiger partial charge in [-0.25, -0.2) is 0 Å². The molecule has 0 aromatic heterocycles. The highest BCUT2D eigenvalue weighted by Crippen LogP contribution is 2.17. The van der Waals surface area contributed by atoms with Crippen LogP contribution in [-0.4, -0.2) is 61.7 Å². The summed E-state index contributed by atoms with van der Waals surface area (Å²) in [5, 5.41) is 3.46. The van der Waals surface area contributed by atoms with Crippen LogP contribution >= 0.6 is 0 Å². The maximum Gasteiger partial charge on any atom is 0.0195 e. The second-order valence-electron chi connectivity index (χ2n) is 6.12. The Hall–Kier alpha value is -0.120. The molecule has 2 saturated heterocycles. The first-order valence-corrected chi connectivity index (χ1v) is 7.32. The Balaban J connectivity index is 1.65. The minimum atomic E-state index is 0.715. The van der Waals surface area contributed by atoms with Crippen molar-refractivity contribution in [3.63, 3.8) is 0 Å². The molecule has 3 nitrogen and oxygen atoms in total. The standard InChI is InChI=1S/C14H29N3/c1-12-10-17(11-13(2)16(12)3)8-4-5-14-6-7-15-9-14/h12-15H,4-11H2,1-3H3. The molecule has 0 spiro atoms. The quantitative estimate of drug-likeness (QED) is 0.800. The van der Waals surface area contributed by atoms with Gasteiger partial charge in [0.2, 0.25) is 0 Å². The molecule has 0 aliphatic carbocycles. The molecule has 100 valence electrons. The number of hydrogen-bond acceptors (Lipinski definition) is 3. The van der Waals surface area contributed by atoms with Crippen molar-refractivity contribution in [2.75, 3.05) is 39.8 Å². The number of nitrogens with zero attached hydrogens (tertiary/aromatic N) is 2. The van der Waals surface area contributed by atoms with Gasteiger partial charge in [-0.05, 0) is 65.7 Å². The summed E-state index contributed by atoms with van der Waals surface area (Å²) in [5.41, 5.74) is 0. The molecule has 1 N–H and O–H groups in total. The fraction of sp³-hybridized carbons (Fsp3) is 1.00. The highest BCUT2D eigenvalue weighted by molar-refractivity contribution is 4.82. The van der Waals surface area contributed by atoms with Crippen LogP contribution < -0.4 is 5.32 Å². The minimum absolute atomic E-state index is 0.715. The lowest BCUT2D eigenvalue weighted by Gasteiger charge is -2.42. The maximum absolute atomic E-state index is 3.46. The van der Waals surface area contributed by atoms with Crippen LogP contribution in [0, 0.1) is 5.92 Å². The van der Waals surface area contributed by atoms with Gasteiger partial charge in [0.05, 0.1) is 0 Å². The summed E-state index contributed by atoms with van der Waals surface area (Å²) < 4.78 is 0. The molecule has 3 atom stereocenters. The Labute approximate surface area is 107 Å². The lowest BCUT2D eigenvalue weighted by atomic mass is 10.0. The van der Waals surface area contributed by atoms with Crippen LogP contribution in [0.4, 0.5) is 0 Å². The minimum Gasteiger partial charge on any atom is -0.316 e.